The Morgan fingerprint density at radius 2 is 2.50 bits per heavy atom. The molecule has 0 spiro atoms. The minimum atomic E-state index is -1.07. The summed E-state index contributed by atoms with van der Waals surface area (Å²) in [5.41, 5.74) is 0. The van der Waals surface area contributed by atoms with Crippen LogP contribution in [0.4, 0.5) is 0 Å². The van der Waals surface area contributed by atoms with Crippen molar-refractivity contribution in [2.75, 3.05) is 0 Å². The van der Waals surface area contributed by atoms with Gasteiger partial charge in [-0.05, 0) is 0 Å². The Labute approximate surface area is 34.8 Å². The molecule has 0 atom stereocenters. The molecule has 0 amide bonds. The lowest BCUT2D eigenvalue weighted by atomic mass is 10.8. The topological polar surface area (TPSA) is 61.1 Å². The van der Waals surface area contributed by atoms with E-state index in [-0.39, 0.29) is 0 Å². The van der Waals surface area contributed by atoms with Crippen LogP contribution in [0.15, 0.2) is 0 Å². The predicted molar refractivity (Wildman–Crippen MR) is 17.9 cm³/mol. The first kappa shape index (κ1) is 4.96. The first-order valence-electron chi connectivity index (χ1n) is 1.36. The van der Waals surface area contributed by atoms with E-state index in [4.69, 9.17) is 10.4 Å². The fourth-order valence-electron chi connectivity index (χ4n) is 0.0676. The van der Waals surface area contributed by atoms with E-state index < -0.39 is 12.4 Å². The molecule has 0 saturated heterocycles. The van der Waals surface area contributed by atoms with Crippen LogP contribution in [-0.4, -0.2) is 11.1 Å². The van der Waals surface area contributed by atoms with Gasteiger partial charge in [-0.15, -0.1) is 0 Å². The molecule has 0 saturated carbocycles. The maximum atomic E-state index is 9.38. The molecule has 0 rings (SSSR count). The standard InChI is InChI=1S/C3H3NO2/c4-2-1-3(5)6/h1H2,(H,5,6)/i3+2. The third-order valence-electron chi connectivity index (χ3n) is 0.230. The molecule has 0 fully saturated rings. The van der Waals surface area contributed by atoms with Crippen molar-refractivity contribution in [3.05, 3.63) is 0 Å². The van der Waals surface area contributed by atoms with Gasteiger partial charge in [-0.1, -0.05) is 0 Å². The van der Waals surface area contributed by atoms with E-state index in [0.29, 0.717) is 0 Å². The van der Waals surface area contributed by atoms with Gasteiger partial charge in [0.25, 0.3) is 0 Å². The number of nitriles is 1. The van der Waals surface area contributed by atoms with Crippen molar-refractivity contribution in [1.29, 1.82) is 5.26 Å². The Kier molecular flexibility index (Phi) is 1.83. The van der Waals surface area contributed by atoms with E-state index in [1.54, 1.807) is 0 Å². The average molecular weight is 87.1 g/mol. The van der Waals surface area contributed by atoms with Crippen molar-refractivity contribution in [2.45, 2.75) is 6.42 Å². The Morgan fingerprint density at radius 3 is 2.50 bits per heavy atom. The molecule has 0 aromatic carbocycles. The highest BCUT2D eigenvalue weighted by molar-refractivity contribution is 5.69. The zero-order valence-corrected chi connectivity index (χ0v) is 3.01. The number of carboxylic acids is 1. The van der Waals surface area contributed by atoms with Crippen molar-refractivity contribution in [3.8, 4) is 6.07 Å². The smallest absolute Gasteiger partial charge is 0.317 e. The van der Waals surface area contributed by atoms with Crippen molar-refractivity contribution in [2.24, 2.45) is 0 Å². The Hall–Kier alpha value is -1.04. The molecule has 0 heterocycles. The second-order valence-electron chi connectivity index (χ2n) is 0.729. The van der Waals surface area contributed by atoms with Crippen molar-refractivity contribution < 1.29 is 9.90 Å². The first-order chi connectivity index (χ1) is 2.77. The van der Waals surface area contributed by atoms with Crippen LogP contribution in [0.3, 0.4) is 0 Å². The average Bonchev–Trinajstić information content (AvgIpc) is 1.35. The molecule has 0 aromatic rings. The van der Waals surface area contributed by atoms with Crippen LogP contribution >= 0.6 is 0 Å². The van der Waals surface area contributed by atoms with E-state index in [9.17, 15) is 4.79 Å². The molecule has 0 unspecified atom stereocenters. The lowest BCUT2D eigenvalue weighted by Crippen LogP contribution is -1.88. The van der Waals surface area contributed by atoms with E-state index >= 15 is 0 Å². The first-order valence-corrected chi connectivity index (χ1v) is 1.36. The largest absolute Gasteiger partial charge is 0.480 e. The van der Waals surface area contributed by atoms with Crippen LogP contribution in [-0.2, 0) is 4.79 Å². The summed E-state index contributed by atoms with van der Waals surface area (Å²) in [4.78, 5) is 9.38. The van der Waals surface area contributed by atoms with Crippen LogP contribution in [0.5, 0.6) is 0 Å². The lowest BCUT2D eigenvalue weighted by molar-refractivity contribution is -0.135. The van der Waals surface area contributed by atoms with Gasteiger partial charge in [-0.25, -0.2) is 0 Å². The number of carboxylic acid groups (broad SMARTS) is 1. The minimum Gasteiger partial charge on any atom is -0.480 e. The molecule has 0 aromatic heterocycles. The van der Waals surface area contributed by atoms with Gasteiger partial charge < -0.3 is 5.11 Å². The molecule has 3 nitrogen and oxygen atoms in total. The van der Waals surface area contributed by atoms with E-state index in [1.165, 1.54) is 6.07 Å². The summed E-state index contributed by atoms with van der Waals surface area (Å²) in [6.45, 7) is 0. The van der Waals surface area contributed by atoms with Crippen LogP contribution in [0, 0.1) is 11.3 Å². The van der Waals surface area contributed by atoms with Crippen LogP contribution in [0.2, 0.25) is 0 Å². The second kappa shape index (κ2) is 2.21. The summed E-state index contributed by atoms with van der Waals surface area (Å²) in [6.07, 6.45) is -0.403. The third kappa shape index (κ3) is 2.96. The van der Waals surface area contributed by atoms with Crippen molar-refractivity contribution in [3.63, 3.8) is 0 Å². The molecule has 0 aliphatic carbocycles. The molecule has 1 N–H and O–H groups in total. The SMILES string of the molecule is N#CC[14C](=O)O. The van der Waals surface area contributed by atoms with Gasteiger partial charge >= 0.3 is 5.97 Å². The Balaban J connectivity index is 3.13. The van der Waals surface area contributed by atoms with E-state index in [0.717, 1.165) is 0 Å². The van der Waals surface area contributed by atoms with Gasteiger partial charge in [0.1, 0.15) is 6.42 Å². The monoisotopic (exact) mass is 87.0 g/mol. The highest BCUT2D eigenvalue weighted by Gasteiger charge is 1.87. The van der Waals surface area contributed by atoms with Crippen molar-refractivity contribution >= 4 is 5.97 Å². The molecule has 0 bridgehead atoms. The van der Waals surface area contributed by atoms with Crippen LogP contribution in [0.25, 0.3) is 0 Å². The third-order valence-corrected chi connectivity index (χ3v) is 0.230. The Morgan fingerprint density at radius 1 is 2.00 bits per heavy atom. The second-order valence-corrected chi connectivity index (χ2v) is 0.729. The molecule has 0 aliphatic heterocycles. The number of hydrogen-bond donors (Lipinski definition) is 1. The minimum absolute atomic E-state index is 0.403. The van der Waals surface area contributed by atoms with Crippen LogP contribution in [0.1, 0.15) is 6.42 Å². The van der Waals surface area contributed by atoms with Gasteiger partial charge in [0.05, 0.1) is 6.07 Å². The molecule has 6 heavy (non-hydrogen) atoms. The fraction of sp³-hybridized carbons (Fsp3) is 0.333. The molecular weight excluding hydrogens is 84.0 g/mol. The molecule has 0 aliphatic rings. The summed E-state index contributed by atoms with van der Waals surface area (Å²) in [7, 11) is 0. The highest BCUT2D eigenvalue weighted by Crippen LogP contribution is 1.68. The number of carbonyl (C=O) groups is 1. The normalized spacial score (nSPS) is 6.50. The van der Waals surface area contributed by atoms with Gasteiger partial charge in [-0.2, -0.15) is 5.26 Å². The summed E-state index contributed by atoms with van der Waals surface area (Å²) >= 11 is 0. The Bertz CT molecular complexity index is 91.5. The van der Waals surface area contributed by atoms with Gasteiger partial charge in [0.2, 0.25) is 0 Å². The van der Waals surface area contributed by atoms with Gasteiger partial charge in [0, 0.05) is 0 Å². The van der Waals surface area contributed by atoms with Crippen LogP contribution < -0.4 is 0 Å². The number of hydrogen-bond acceptors (Lipinski definition) is 2. The number of aliphatic carboxylic acids is 1. The molecule has 32 valence electrons. The zero-order chi connectivity index (χ0) is 4.99. The van der Waals surface area contributed by atoms with E-state index in [2.05, 4.69) is 0 Å². The van der Waals surface area contributed by atoms with Gasteiger partial charge in [0.15, 0.2) is 0 Å². The summed E-state index contributed by atoms with van der Waals surface area (Å²) in [5, 5.41) is 15.3. The maximum absolute atomic E-state index is 9.38. The summed E-state index contributed by atoms with van der Waals surface area (Å²) in [6, 6.07) is 1.47. The number of rotatable bonds is 1. The lowest BCUT2D eigenvalue weighted by Gasteiger charge is -1.70. The molecule has 3 heteroatoms. The summed E-state index contributed by atoms with van der Waals surface area (Å²) in [5.74, 6) is -1.07. The maximum Gasteiger partial charge on any atom is 0.317 e. The van der Waals surface area contributed by atoms with Crippen molar-refractivity contribution in [1.82, 2.24) is 0 Å². The summed E-state index contributed by atoms with van der Waals surface area (Å²) < 4.78 is 0. The molecular formula is C3H3NO2. The number of nitrogens with zero attached hydrogens (tertiary/aromatic N) is 1. The fourth-order valence-corrected chi connectivity index (χ4v) is 0.0676. The van der Waals surface area contributed by atoms with E-state index in [1.807, 2.05) is 0 Å². The van der Waals surface area contributed by atoms with Gasteiger partial charge in [-0.3, -0.25) is 4.79 Å². The predicted octanol–water partition coefficient (Wildman–Crippen LogP) is -0.0153. The highest BCUT2D eigenvalue weighted by atomic mass is 16.6. The molecule has 0 radical (unpaired) electrons. The quantitative estimate of drug-likeness (QED) is 0.489. The zero-order valence-electron chi connectivity index (χ0n) is 3.01.